The van der Waals surface area contributed by atoms with Gasteiger partial charge in [-0.25, -0.2) is 4.79 Å². The summed E-state index contributed by atoms with van der Waals surface area (Å²) in [7, 11) is 0. The molecular weight excluding hydrogens is 252 g/mol. The number of ether oxygens (including phenoxy) is 1. The van der Waals surface area contributed by atoms with Gasteiger partial charge in [0.2, 0.25) is 0 Å². The van der Waals surface area contributed by atoms with Gasteiger partial charge in [0.1, 0.15) is 16.9 Å². The molecule has 3 nitrogen and oxygen atoms in total. The number of benzene rings is 1. The molecule has 20 heavy (non-hydrogen) atoms. The van der Waals surface area contributed by atoms with E-state index in [4.69, 9.17) is 4.74 Å². The topological polar surface area (TPSA) is 46.5 Å². The molecule has 0 aliphatic rings. The Labute approximate surface area is 121 Å². The van der Waals surface area contributed by atoms with Gasteiger partial charge in [0.05, 0.1) is 0 Å². The van der Waals surface area contributed by atoms with Gasteiger partial charge in [0.25, 0.3) is 0 Å². The lowest BCUT2D eigenvalue weighted by Gasteiger charge is -2.25. The molecule has 0 heterocycles. The van der Waals surface area contributed by atoms with Crippen molar-refractivity contribution in [2.24, 2.45) is 5.92 Å². The molecule has 0 aliphatic heterocycles. The second kappa shape index (κ2) is 7.13. The van der Waals surface area contributed by atoms with Gasteiger partial charge in [-0.15, -0.1) is 6.58 Å². The van der Waals surface area contributed by atoms with Gasteiger partial charge < -0.3 is 9.84 Å². The van der Waals surface area contributed by atoms with E-state index >= 15 is 0 Å². The Bertz CT molecular complexity index is 463. The number of esters is 1. The van der Waals surface area contributed by atoms with Crippen molar-refractivity contribution >= 4 is 5.97 Å². The first-order valence-electron chi connectivity index (χ1n) is 6.99. The van der Waals surface area contributed by atoms with Gasteiger partial charge in [0, 0.05) is 0 Å². The SMILES string of the molecule is C=CC(C)CCCC(C)(C)OC(=O)c1ccccc1O. The van der Waals surface area contributed by atoms with Crippen LogP contribution in [0.1, 0.15) is 50.4 Å². The van der Waals surface area contributed by atoms with E-state index in [0.29, 0.717) is 5.92 Å². The van der Waals surface area contributed by atoms with Gasteiger partial charge in [-0.05, 0) is 51.2 Å². The molecule has 0 aromatic heterocycles. The number of hydrogen-bond donors (Lipinski definition) is 1. The lowest BCUT2D eigenvalue weighted by Crippen LogP contribution is -2.28. The van der Waals surface area contributed by atoms with Crippen LogP contribution >= 0.6 is 0 Å². The van der Waals surface area contributed by atoms with Crippen LogP contribution in [0.25, 0.3) is 0 Å². The lowest BCUT2D eigenvalue weighted by molar-refractivity contribution is -0.00589. The van der Waals surface area contributed by atoms with Crippen molar-refractivity contribution in [2.75, 3.05) is 0 Å². The summed E-state index contributed by atoms with van der Waals surface area (Å²) >= 11 is 0. The second-order valence-corrected chi connectivity index (χ2v) is 5.77. The summed E-state index contributed by atoms with van der Waals surface area (Å²) in [5, 5.41) is 9.65. The zero-order valence-corrected chi connectivity index (χ0v) is 12.6. The molecule has 0 amide bonds. The maximum absolute atomic E-state index is 12.0. The molecule has 1 rings (SSSR count). The number of rotatable bonds is 7. The minimum absolute atomic E-state index is 0.0476. The van der Waals surface area contributed by atoms with E-state index in [1.165, 1.54) is 6.07 Å². The second-order valence-electron chi connectivity index (χ2n) is 5.77. The number of carbonyl (C=O) groups excluding carboxylic acids is 1. The van der Waals surface area contributed by atoms with Crippen molar-refractivity contribution in [2.45, 2.75) is 45.6 Å². The summed E-state index contributed by atoms with van der Waals surface area (Å²) in [4.78, 5) is 12.0. The Kier molecular flexibility index (Phi) is 5.81. The summed E-state index contributed by atoms with van der Waals surface area (Å²) in [6, 6.07) is 6.42. The van der Waals surface area contributed by atoms with Crippen molar-refractivity contribution in [3.05, 3.63) is 42.5 Å². The zero-order valence-electron chi connectivity index (χ0n) is 12.6. The standard InChI is InChI=1S/C17H24O3/c1-5-13(2)9-8-12-17(3,4)20-16(19)14-10-6-7-11-15(14)18/h5-7,10-11,13,18H,1,8-9,12H2,2-4H3. The quantitative estimate of drug-likeness (QED) is 0.596. The molecular formula is C17H24O3. The number of para-hydroxylation sites is 1. The predicted octanol–water partition coefficient (Wildman–Crippen LogP) is 4.32. The van der Waals surface area contributed by atoms with Crippen molar-refractivity contribution < 1.29 is 14.6 Å². The third-order valence-electron chi connectivity index (χ3n) is 3.33. The number of hydrogen-bond acceptors (Lipinski definition) is 3. The van der Waals surface area contributed by atoms with Gasteiger partial charge in [-0.2, -0.15) is 0 Å². The predicted molar refractivity (Wildman–Crippen MR) is 80.8 cm³/mol. The molecule has 0 aliphatic carbocycles. The van der Waals surface area contributed by atoms with Gasteiger partial charge in [-0.3, -0.25) is 0 Å². The molecule has 0 radical (unpaired) electrons. The van der Waals surface area contributed by atoms with E-state index < -0.39 is 11.6 Å². The Balaban J connectivity index is 2.55. The Morgan fingerprint density at radius 3 is 2.70 bits per heavy atom. The number of allylic oxidation sites excluding steroid dienone is 1. The summed E-state index contributed by atoms with van der Waals surface area (Å²) in [6.45, 7) is 9.66. The number of aromatic hydroxyl groups is 1. The van der Waals surface area contributed by atoms with Crippen LogP contribution in [0.3, 0.4) is 0 Å². The van der Waals surface area contributed by atoms with Crippen LogP contribution in [0, 0.1) is 5.92 Å². The molecule has 0 spiro atoms. The van der Waals surface area contributed by atoms with Crippen LogP contribution in [-0.2, 0) is 4.74 Å². The van der Waals surface area contributed by atoms with Crippen LogP contribution < -0.4 is 0 Å². The highest BCUT2D eigenvalue weighted by atomic mass is 16.6. The number of carbonyl (C=O) groups is 1. The van der Waals surface area contributed by atoms with Crippen LogP contribution in [0.15, 0.2) is 36.9 Å². The van der Waals surface area contributed by atoms with E-state index in [9.17, 15) is 9.90 Å². The van der Waals surface area contributed by atoms with Crippen molar-refractivity contribution in [3.8, 4) is 5.75 Å². The third kappa shape index (κ3) is 5.08. The highest BCUT2D eigenvalue weighted by Crippen LogP contribution is 2.24. The molecule has 1 N–H and O–H groups in total. The maximum atomic E-state index is 12.0. The number of phenolic OH excluding ortho intramolecular Hbond substituents is 1. The first-order chi connectivity index (χ1) is 9.35. The minimum Gasteiger partial charge on any atom is -0.507 e. The molecule has 110 valence electrons. The third-order valence-corrected chi connectivity index (χ3v) is 3.33. The molecule has 0 saturated carbocycles. The van der Waals surface area contributed by atoms with Gasteiger partial charge in [0.15, 0.2) is 0 Å². The fourth-order valence-corrected chi connectivity index (χ4v) is 1.97. The molecule has 0 saturated heterocycles. The summed E-state index contributed by atoms with van der Waals surface area (Å²) < 4.78 is 5.50. The summed E-state index contributed by atoms with van der Waals surface area (Å²) in [5.41, 5.74) is -0.333. The van der Waals surface area contributed by atoms with E-state index in [2.05, 4.69) is 13.5 Å². The first-order valence-corrected chi connectivity index (χ1v) is 6.99. The van der Waals surface area contributed by atoms with Crippen molar-refractivity contribution in [1.29, 1.82) is 0 Å². The minimum atomic E-state index is -0.541. The lowest BCUT2D eigenvalue weighted by atomic mass is 9.96. The molecule has 1 aromatic rings. The normalized spacial score (nSPS) is 12.8. The Hall–Kier alpha value is -1.77. The molecule has 0 fully saturated rings. The van der Waals surface area contributed by atoms with Crippen LogP contribution in [-0.4, -0.2) is 16.7 Å². The van der Waals surface area contributed by atoms with E-state index in [1.807, 2.05) is 19.9 Å². The fourth-order valence-electron chi connectivity index (χ4n) is 1.97. The molecule has 3 heteroatoms. The average molecular weight is 276 g/mol. The Morgan fingerprint density at radius 2 is 2.10 bits per heavy atom. The van der Waals surface area contributed by atoms with E-state index in [0.717, 1.165) is 19.3 Å². The first kappa shape index (κ1) is 16.3. The molecule has 1 atom stereocenters. The smallest absolute Gasteiger partial charge is 0.342 e. The van der Waals surface area contributed by atoms with Crippen LogP contribution in [0.2, 0.25) is 0 Å². The maximum Gasteiger partial charge on any atom is 0.342 e. The largest absolute Gasteiger partial charge is 0.507 e. The summed E-state index contributed by atoms with van der Waals surface area (Å²) in [6.07, 6.45) is 4.71. The van der Waals surface area contributed by atoms with E-state index in [-0.39, 0.29) is 11.3 Å². The summed E-state index contributed by atoms with van der Waals surface area (Å²) in [5.74, 6) is -0.0573. The fraction of sp³-hybridized carbons (Fsp3) is 0.471. The molecule has 0 bridgehead atoms. The van der Waals surface area contributed by atoms with Gasteiger partial charge in [-0.1, -0.05) is 25.1 Å². The highest BCUT2D eigenvalue weighted by molar-refractivity contribution is 5.92. The van der Waals surface area contributed by atoms with Crippen molar-refractivity contribution in [3.63, 3.8) is 0 Å². The van der Waals surface area contributed by atoms with Crippen molar-refractivity contribution in [1.82, 2.24) is 0 Å². The van der Waals surface area contributed by atoms with Crippen LogP contribution in [0.5, 0.6) is 5.75 Å². The average Bonchev–Trinajstić information content (AvgIpc) is 2.38. The highest BCUT2D eigenvalue weighted by Gasteiger charge is 2.24. The van der Waals surface area contributed by atoms with E-state index in [1.54, 1.807) is 18.2 Å². The van der Waals surface area contributed by atoms with Gasteiger partial charge >= 0.3 is 5.97 Å². The monoisotopic (exact) mass is 276 g/mol. The zero-order chi connectivity index (χ0) is 15.2. The molecule has 1 aromatic carbocycles. The van der Waals surface area contributed by atoms with Crippen LogP contribution in [0.4, 0.5) is 0 Å². The number of phenols is 1. The Morgan fingerprint density at radius 1 is 1.45 bits per heavy atom. The molecule has 1 unspecified atom stereocenters.